The number of amides is 2. The fraction of sp³-hybridized carbons (Fsp3) is 0.667. The summed E-state index contributed by atoms with van der Waals surface area (Å²) in [5, 5.41) is 0. The molecule has 0 aliphatic heterocycles. The third-order valence-electron chi connectivity index (χ3n) is 1.15. The predicted octanol–water partition coefficient (Wildman–Crippen LogP) is 1.44. The number of rotatable bonds is 3. The van der Waals surface area contributed by atoms with Crippen LogP contribution in [0.1, 0.15) is 13.3 Å². The van der Waals surface area contributed by atoms with Crippen molar-refractivity contribution in [2.45, 2.75) is 13.3 Å². The van der Waals surface area contributed by atoms with Crippen molar-refractivity contribution in [3.8, 4) is 0 Å². The van der Waals surface area contributed by atoms with Gasteiger partial charge in [0.1, 0.15) is 0 Å². The highest BCUT2D eigenvalue weighted by molar-refractivity contribution is 7.95. The van der Waals surface area contributed by atoms with Gasteiger partial charge in [0.05, 0.1) is 12.1 Å². The lowest BCUT2D eigenvalue weighted by Gasteiger charge is -2.18. The van der Waals surface area contributed by atoms with Crippen LogP contribution < -0.4 is 0 Å². The molecule has 0 radical (unpaired) electrons. The molecule has 2 amide bonds. The van der Waals surface area contributed by atoms with Gasteiger partial charge in [-0.05, 0) is 0 Å². The van der Waals surface area contributed by atoms with Crippen LogP contribution in [0.2, 0.25) is 0 Å². The van der Waals surface area contributed by atoms with E-state index in [1.54, 1.807) is 6.92 Å². The molecule has 0 unspecified atom stereocenters. The first-order valence-corrected chi connectivity index (χ1v) is 4.09. The topological polar surface area (TPSA) is 40.6 Å². The van der Waals surface area contributed by atoms with E-state index in [0.717, 1.165) is 16.4 Å². The molecule has 4 nitrogen and oxygen atoms in total. The molecule has 0 aromatic carbocycles. The minimum atomic E-state index is -1.57. The summed E-state index contributed by atoms with van der Waals surface area (Å²) >= 11 is 0.733. The third kappa shape index (κ3) is 3.56. The smallest absolute Gasteiger partial charge is 0.274 e. The Balaban J connectivity index is 3.91. The lowest BCUT2D eigenvalue weighted by molar-refractivity contribution is -0.124. The van der Waals surface area contributed by atoms with Crippen LogP contribution in [0.25, 0.3) is 0 Å². The van der Waals surface area contributed by atoms with Crippen molar-refractivity contribution in [1.29, 1.82) is 0 Å². The second kappa shape index (κ2) is 4.97. The minimum absolute atomic E-state index is 0.159. The maximum Gasteiger partial charge on any atom is 0.411 e. The van der Waals surface area contributed by atoms with Crippen molar-refractivity contribution in [2.24, 2.45) is 0 Å². The first-order valence-electron chi connectivity index (χ1n) is 3.36. The average molecular weight is 194 g/mol. The fourth-order valence-corrected chi connectivity index (χ4v) is 1.14. The Morgan fingerprint density at radius 3 is 2.17 bits per heavy atom. The van der Waals surface area contributed by atoms with Crippen molar-refractivity contribution in [3.63, 3.8) is 0 Å². The van der Waals surface area contributed by atoms with E-state index in [2.05, 4.69) is 0 Å². The van der Waals surface area contributed by atoms with E-state index < -0.39 is 6.16 Å². The summed E-state index contributed by atoms with van der Waals surface area (Å²) in [7, 11) is 2.74. The summed E-state index contributed by atoms with van der Waals surface area (Å²) < 4.78 is 13.9. The van der Waals surface area contributed by atoms with Crippen molar-refractivity contribution in [1.82, 2.24) is 8.61 Å². The van der Waals surface area contributed by atoms with Gasteiger partial charge in [0.2, 0.25) is 5.91 Å². The van der Waals surface area contributed by atoms with Gasteiger partial charge >= 0.3 is 6.16 Å². The zero-order chi connectivity index (χ0) is 9.72. The summed E-state index contributed by atoms with van der Waals surface area (Å²) in [5.41, 5.74) is 0. The number of carbonyl (C=O) groups excluding carboxylic acids is 2. The number of carbonyl (C=O) groups is 2. The van der Waals surface area contributed by atoms with E-state index in [4.69, 9.17) is 0 Å². The zero-order valence-electron chi connectivity index (χ0n) is 7.20. The monoisotopic (exact) mass is 194 g/mol. The molecule has 70 valence electrons. The molecule has 0 aromatic rings. The standard InChI is InChI=1S/C6H11FN2O2S/c1-4-5(10)8(2)12-9(3)6(7)11/h4H2,1-3H3. The van der Waals surface area contributed by atoms with E-state index in [1.165, 1.54) is 18.4 Å². The van der Waals surface area contributed by atoms with Gasteiger partial charge in [0.25, 0.3) is 0 Å². The SMILES string of the molecule is CCC(=O)N(C)SN(C)C(=O)F. The molecule has 0 aromatic heterocycles. The van der Waals surface area contributed by atoms with E-state index in [9.17, 15) is 14.0 Å². The number of hydrogen-bond donors (Lipinski definition) is 0. The van der Waals surface area contributed by atoms with E-state index in [0.29, 0.717) is 6.42 Å². The van der Waals surface area contributed by atoms with Crippen LogP contribution in [0, 0.1) is 0 Å². The molecular weight excluding hydrogens is 183 g/mol. The van der Waals surface area contributed by atoms with Gasteiger partial charge in [-0.3, -0.25) is 9.10 Å². The quantitative estimate of drug-likeness (QED) is 0.388. The summed E-state index contributed by atoms with van der Waals surface area (Å²) in [6.07, 6.45) is -1.24. The van der Waals surface area contributed by atoms with Crippen LogP contribution in [0.3, 0.4) is 0 Å². The largest absolute Gasteiger partial charge is 0.411 e. The molecule has 0 aliphatic rings. The molecule has 0 saturated heterocycles. The number of hydrogen-bond acceptors (Lipinski definition) is 3. The molecular formula is C6H11FN2O2S. The van der Waals surface area contributed by atoms with E-state index >= 15 is 0 Å². The van der Waals surface area contributed by atoms with Gasteiger partial charge in [0, 0.05) is 20.5 Å². The Morgan fingerprint density at radius 1 is 1.33 bits per heavy atom. The Kier molecular flexibility index (Phi) is 4.65. The molecule has 0 heterocycles. The molecule has 0 bridgehead atoms. The molecule has 0 atom stereocenters. The highest BCUT2D eigenvalue weighted by Crippen LogP contribution is 2.13. The van der Waals surface area contributed by atoms with Gasteiger partial charge in [0.15, 0.2) is 0 Å². The van der Waals surface area contributed by atoms with E-state index in [1.807, 2.05) is 0 Å². The van der Waals surface area contributed by atoms with Gasteiger partial charge in [-0.15, -0.1) is 4.39 Å². The minimum Gasteiger partial charge on any atom is -0.274 e. The van der Waals surface area contributed by atoms with Gasteiger partial charge < -0.3 is 0 Å². The molecule has 0 aliphatic carbocycles. The third-order valence-corrected chi connectivity index (χ3v) is 1.98. The molecule has 0 spiro atoms. The molecule has 6 heteroatoms. The maximum absolute atomic E-state index is 12.0. The average Bonchev–Trinajstić information content (AvgIpc) is 2.02. The number of nitrogens with zero attached hydrogens (tertiary/aromatic N) is 2. The number of halogens is 1. The zero-order valence-corrected chi connectivity index (χ0v) is 8.02. The van der Waals surface area contributed by atoms with Crippen molar-refractivity contribution >= 4 is 24.2 Å². The molecule has 0 rings (SSSR count). The highest BCUT2D eigenvalue weighted by Gasteiger charge is 2.13. The van der Waals surface area contributed by atoms with Gasteiger partial charge in [-0.2, -0.15) is 0 Å². The molecule has 0 fully saturated rings. The Bertz CT molecular complexity index is 188. The van der Waals surface area contributed by atoms with Crippen LogP contribution in [-0.2, 0) is 4.79 Å². The molecule has 0 N–H and O–H groups in total. The van der Waals surface area contributed by atoms with E-state index in [-0.39, 0.29) is 5.91 Å². The lowest BCUT2D eigenvalue weighted by Crippen LogP contribution is -2.25. The Hall–Kier alpha value is -0.780. The fourth-order valence-electron chi connectivity index (χ4n) is 0.484. The van der Waals surface area contributed by atoms with Gasteiger partial charge in [-0.1, -0.05) is 6.92 Å². The Labute approximate surface area is 75.0 Å². The normalized spacial score (nSPS) is 9.33. The predicted molar refractivity (Wildman–Crippen MR) is 44.9 cm³/mol. The summed E-state index contributed by atoms with van der Waals surface area (Å²) in [6.45, 7) is 1.69. The Morgan fingerprint density at radius 2 is 1.83 bits per heavy atom. The second-order valence-corrected chi connectivity index (χ2v) is 3.34. The van der Waals surface area contributed by atoms with Crippen LogP contribution >= 0.6 is 12.1 Å². The second-order valence-electron chi connectivity index (χ2n) is 2.08. The molecule has 12 heavy (non-hydrogen) atoms. The van der Waals surface area contributed by atoms with Crippen LogP contribution in [0.5, 0.6) is 0 Å². The summed E-state index contributed by atoms with van der Waals surface area (Å²) in [4.78, 5) is 21.0. The first kappa shape index (κ1) is 11.2. The van der Waals surface area contributed by atoms with Crippen LogP contribution in [0.4, 0.5) is 9.18 Å². The van der Waals surface area contributed by atoms with Crippen LogP contribution in [-0.4, -0.2) is 34.8 Å². The van der Waals surface area contributed by atoms with Crippen molar-refractivity contribution < 1.29 is 14.0 Å². The maximum atomic E-state index is 12.0. The summed E-state index contributed by atoms with van der Waals surface area (Å²) in [6, 6.07) is 0. The highest BCUT2D eigenvalue weighted by atomic mass is 32.2. The van der Waals surface area contributed by atoms with Crippen molar-refractivity contribution in [2.75, 3.05) is 14.1 Å². The summed E-state index contributed by atoms with van der Waals surface area (Å²) in [5.74, 6) is -0.159. The molecule has 0 saturated carbocycles. The lowest BCUT2D eigenvalue weighted by atomic mass is 10.5. The van der Waals surface area contributed by atoms with Gasteiger partial charge in [-0.25, -0.2) is 9.10 Å². The van der Waals surface area contributed by atoms with Crippen molar-refractivity contribution in [3.05, 3.63) is 0 Å². The van der Waals surface area contributed by atoms with Crippen LogP contribution in [0.15, 0.2) is 0 Å². The first-order chi connectivity index (χ1) is 5.49.